The van der Waals surface area contributed by atoms with Crippen molar-refractivity contribution in [3.8, 4) is 0 Å². The Hall–Kier alpha value is 0.388. The number of unbranched alkanes of at least 4 members (excludes halogenated alkanes) is 1. The van der Waals surface area contributed by atoms with Crippen molar-refractivity contribution in [2.75, 3.05) is 105 Å². The summed E-state index contributed by atoms with van der Waals surface area (Å²) in [6, 6.07) is 4.50. The van der Waals surface area contributed by atoms with Gasteiger partial charge in [-0.05, 0) is 131 Å². The number of nitrogens with zero attached hydrogens (tertiary/aromatic N) is 2. The first-order valence-corrected chi connectivity index (χ1v) is 30.6. The Labute approximate surface area is 337 Å². The average molecular weight is 841 g/mol. The SMILES string of the molecule is CCOC(OCC)[SiH2]CCCN1CCC[Si](C)(OCC)OC(COCCCCOCC2CN(CCC[SiH2]C(OCC)OCC)CCC[Si](C)(OCC)O2)C1. The van der Waals surface area contributed by atoms with Gasteiger partial charge in [-0.1, -0.05) is 12.1 Å². The second-order valence-corrected chi connectivity index (χ2v) is 25.4. The molecule has 2 fully saturated rings. The minimum Gasteiger partial charge on any atom is -0.395 e. The highest BCUT2D eigenvalue weighted by molar-refractivity contribution is 6.66. The smallest absolute Gasteiger partial charge is 0.335 e. The van der Waals surface area contributed by atoms with Gasteiger partial charge >= 0.3 is 17.1 Å². The number of rotatable bonds is 31. The zero-order valence-electron chi connectivity index (χ0n) is 36.1. The van der Waals surface area contributed by atoms with E-state index < -0.39 is 36.2 Å². The van der Waals surface area contributed by atoms with Crippen LogP contribution in [0.15, 0.2) is 0 Å². The van der Waals surface area contributed by atoms with E-state index in [1.807, 2.05) is 27.7 Å². The summed E-state index contributed by atoms with van der Waals surface area (Å²) in [7, 11) is -5.28. The zero-order valence-corrected chi connectivity index (χ0v) is 40.9. The van der Waals surface area contributed by atoms with Crippen molar-refractivity contribution >= 4 is 36.2 Å². The molecule has 0 N–H and O–H groups in total. The van der Waals surface area contributed by atoms with Crippen LogP contribution >= 0.6 is 0 Å². The van der Waals surface area contributed by atoms with Crippen molar-refractivity contribution in [3.63, 3.8) is 0 Å². The molecule has 0 bridgehead atoms. The molecule has 0 radical (unpaired) electrons. The molecule has 16 heteroatoms. The molecule has 0 aromatic rings. The van der Waals surface area contributed by atoms with Gasteiger partial charge in [-0.15, -0.1) is 0 Å². The van der Waals surface area contributed by atoms with E-state index in [1.54, 1.807) is 0 Å². The summed E-state index contributed by atoms with van der Waals surface area (Å²) in [4.78, 5) is 5.15. The lowest BCUT2D eigenvalue weighted by Gasteiger charge is -2.37. The van der Waals surface area contributed by atoms with E-state index in [2.05, 4.69) is 36.7 Å². The normalized spacial score (nSPS) is 25.7. The molecule has 2 saturated heterocycles. The van der Waals surface area contributed by atoms with Gasteiger partial charge in [-0.25, -0.2) is 0 Å². The maximum Gasteiger partial charge on any atom is 0.335 e. The van der Waals surface area contributed by atoms with E-state index in [1.165, 1.54) is 24.9 Å². The summed E-state index contributed by atoms with van der Waals surface area (Å²) in [6.07, 6.45) is 6.58. The topological polar surface area (TPSA) is 98.8 Å². The van der Waals surface area contributed by atoms with Crippen molar-refractivity contribution in [1.82, 2.24) is 9.80 Å². The molecule has 0 saturated carbocycles. The predicted octanol–water partition coefficient (Wildman–Crippen LogP) is 4.87. The molecule has 0 aliphatic carbocycles. The Kier molecular flexibility index (Phi) is 29.3. The lowest BCUT2D eigenvalue weighted by atomic mass is 10.3. The first-order valence-electron chi connectivity index (χ1n) is 21.9. The van der Waals surface area contributed by atoms with Crippen LogP contribution in [0.25, 0.3) is 0 Å². The molecule has 2 rings (SSSR count). The van der Waals surface area contributed by atoms with E-state index in [0.717, 1.165) is 103 Å². The Morgan fingerprint density at radius 3 is 1.31 bits per heavy atom. The second kappa shape index (κ2) is 31.3. The third-order valence-electron chi connectivity index (χ3n) is 10.0. The van der Waals surface area contributed by atoms with E-state index in [9.17, 15) is 0 Å². The minimum absolute atomic E-state index is 0.0305. The summed E-state index contributed by atoms with van der Waals surface area (Å²) < 4.78 is 61.7. The van der Waals surface area contributed by atoms with Crippen LogP contribution in [0, 0.1) is 0 Å². The van der Waals surface area contributed by atoms with Crippen LogP contribution in [0.2, 0.25) is 37.3 Å². The molecule has 0 spiro atoms. The average Bonchev–Trinajstić information content (AvgIpc) is 3.11. The number of ether oxygens (including phenoxy) is 6. The third kappa shape index (κ3) is 23.1. The van der Waals surface area contributed by atoms with Gasteiger partial charge in [0.1, 0.15) is 11.8 Å². The van der Waals surface area contributed by atoms with Gasteiger partial charge in [0.15, 0.2) is 0 Å². The van der Waals surface area contributed by atoms with Gasteiger partial charge in [-0.3, -0.25) is 0 Å². The molecular weight excluding hydrogens is 757 g/mol. The summed E-state index contributed by atoms with van der Waals surface area (Å²) in [5.74, 6) is 0.0940. The molecule has 12 nitrogen and oxygen atoms in total. The molecule has 2 aliphatic heterocycles. The van der Waals surface area contributed by atoms with Gasteiger partial charge in [0.05, 0.1) is 44.5 Å². The van der Waals surface area contributed by atoms with E-state index in [0.29, 0.717) is 39.6 Å². The van der Waals surface area contributed by atoms with Gasteiger partial charge in [-0.2, -0.15) is 0 Å². The lowest BCUT2D eigenvalue weighted by molar-refractivity contribution is -0.0830. The maximum atomic E-state index is 6.75. The largest absolute Gasteiger partial charge is 0.395 e. The third-order valence-corrected chi connectivity index (χ3v) is 19.7. The van der Waals surface area contributed by atoms with E-state index in [-0.39, 0.29) is 24.0 Å². The van der Waals surface area contributed by atoms with Crippen LogP contribution in [0.5, 0.6) is 0 Å². The number of hydrogen-bond donors (Lipinski definition) is 0. The molecule has 322 valence electrons. The quantitative estimate of drug-likeness (QED) is 0.0542. The molecule has 54 heavy (non-hydrogen) atoms. The highest BCUT2D eigenvalue weighted by atomic mass is 28.4. The van der Waals surface area contributed by atoms with Crippen LogP contribution in [0.3, 0.4) is 0 Å². The highest BCUT2D eigenvalue weighted by Crippen LogP contribution is 2.24. The standard InChI is InChI=1S/C38H84N2O10Si4/c1-9-43-37(44-10-2)51-27-17-21-39-23-19-29-53(7,47-13-5)49-35(31-39)33-41-25-15-16-26-42-34-36-32-40(24-20-30-54(8,50-36)48-14-6)22-18-28-52-38(45-11-3)46-12-4/h35-38H,9-34,51-52H2,1-8H3. The van der Waals surface area contributed by atoms with Gasteiger partial charge in [0.25, 0.3) is 0 Å². The van der Waals surface area contributed by atoms with Crippen LogP contribution in [-0.4, -0.2) is 175 Å². The summed E-state index contributed by atoms with van der Waals surface area (Å²) in [5.41, 5.74) is 0. The van der Waals surface area contributed by atoms with Crippen LogP contribution < -0.4 is 0 Å². The Morgan fingerprint density at radius 1 is 0.574 bits per heavy atom. The fraction of sp³-hybridized carbons (Fsp3) is 1.00. The Morgan fingerprint density at radius 2 is 0.963 bits per heavy atom. The monoisotopic (exact) mass is 841 g/mol. The Balaban J connectivity index is 1.77. The molecular formula is C38H84N2O10Si4. The molecule has 0 aromatic carbocycles. The van der Waals surface area contributed by atoms with Crippen LogP contribution in [0.4, 0.5) is 0 Å². The van der Waals surface area contributed by atoms with Gasteiger partial charge in [0.2, 0.25) is 0 Å². The first-order chi connectivity index (χ1) is 26.2. The molecule has 4 unspecified atom stereocenters. The summed E-state index contributed by atoms with van der Waals surface area (Å²) in [5, 5.41) is 0. The predicted molar refractivity (Wildman–Crippen MR) is 229 cm³/mol. The molecule has 0 amide bonds. The fourth-order valence-corrected chi connectivity index (χ4v) is 16.1. The first kappa shape index (κ1) is 50.5. The minimum atomic E-state index is -2.22. The van der Waals surface area contributed by atoms with Crippen molar-refractivity contribution in [2.24, 2.45) is 0 Å². The Bertz CT molecular complexity index is 816. The molecule has 2 heterocycles. The second-order valence-electron chi connectivity index (χ2n) is 15.0. The number of hydrogen-bond acceptors (Lipinski definition) is 12. The van der Waals surface area contributed by atoms with Crippen molar-refractivity contribution < 1.29 is 46.1 Å². The van der Waals surface area contributed by atoms with E-state index >= 15 is 0 Å². The maximum absolute atomic E-state index is 6.75. The molecule has 2 aliphatic rings. The van der Waals surface area contributed by atoms with E-state index in [4.69, 9.17) is 46.1 Å². The van der Waals surface area contributed by atoms with Crippen molar-refractivity contribution in [3.05, 3.63) is 0 Å². The zero-order chi connectivity index (χ0) is 39.3. The van der Waals surface area contributed by atoms with Crippen LogP contribution in [-0.2, 0) is 46.1 Å². The van der Waals surface area contributed by atoms with Crippen LogP contribution in [0.1, 0.15) is 80.1 Å². The lowest BCUT2D eigenvalue weighted by Crippen LogP contribution is -2.50. The van der Waals surface area contributed by atoms with Crippen molar-refractivity contribution in [1.29, 1.82) is 0 Å². The van der Waals surface area contributed by atoms with Gasteiger partial charge < -0.3 is 55.9 Å². The summed E-state index contributed by atoms with van der Waals surface area (Å²) in [6.45, 7) is 29.8. The molecule has 4 atom stereocenters. The fourth-order valence-electron chi connectivity index (χ4n) is 7.61. The van der Waals surface area contributed by atoms with Crippen molar-refractivity contribution in [2.45, 2.75) is 141 Å². The van der Waals surface area contributed by atoms with Gasteiger partial charge in [0, 0.05) is 65.9 Å². The summed E-state index contributed by atoms with van der Waals surface area (Å²) >= 11 is 0. The molecule has 0 aromatic heterocycles. The highest BCUT2D eigenvalue weighted by Gasteiger charge is 2.37.